The third-order valence-corrected chi connectivity index (χ3v) is 7.06. The van der Waals surface area contributed by atoms with Gasteiger partial charge in [0, 0.05) is 23.9 Å². The number of ether oxygens (including phenoxy) is 2. The van der Waals surface area contributed by atoms with Crippen molar-refractivity contribution in [2.45, 2.75) is 50.5 Å². The van der Waals surface area contributed by atoms with Gasteiger partial charge in [0.1, 0.15) is 5.75 Å². The molecular formula is C26H33NO5S. The van der Waals surface area contributed by atoms with Crippen LogP contribution >= 0.6 is 11.8 Å². The van der Waals surface area contributed by atoms with Crippen molar-refractivity contribution >= 4 is 23.8 Å². The minimum Gasteiger partial charge on any atom is -0.478 e. The number of hydrogen-bond acceptors (Lipinski definition) is 5. The Bertz CT molecular complexity index is 995. The van der Waals surface area contributed by atoms with E-state index in [9.17, 15) is 14.7 Å². The maximum atomic E-state index is 12.3. The number of thioether (sulfide) groups is 1. The van der Waals surface area contributed by atoms with Gasteiger partial charge in [0.15, 0.2) is 5.60 Å². The summed E-state index contributed by atoms with van der Waals surface area (Å²) in [5, 5.41) is 9.45. The van der Waals surface area contributed by atoms with E-state index in [4.69, 9.17) is 9.47 Å². The number of hydrogen-bond donors (Lipinski definition) is 1. The summed E-state index contributed by atoms with van der Waals surface area (Å²) in [4.78, 5) is 26.8. The summed E-state index contributed by atoms with van der Waals surface area (Å²) >= 11 is 1.72. The number of likely N-dealkylation sites (tertiary alicyclic amines) is 1. The molecule has 0 radical (unpaired) electrons. The smallest absolute Gasteiger partial charge is 0.409 e. The third kappa shape index (κ3) is 5.64. The minimum atomic E-state index is -1.32. The first-order valence-corrected chi connectivity index (χ1v) is 12.3. The highest BCUT2D eigenvalue weighted by Crippen LogP contribution is 2.39. The lowest BCUT2D eigenvalue weighted by atomic mass is 9.83. The molecule has 3 rings (SSSR count). The van der Waals surface area contributed by atoms with E-state index in [-0.39, 0.29) is 17.9 Å². The summed E-state index contributed by atoms with van der Waals surface area (Å²) in [5.41, 5.74) is 2.82. The Morgan fingerprint density at radius 2 is 1.73 bits per heavy atom. The van der Waals surface area contributed by atoms with Gasteiger partial charge in [-0.25, -0.2) is 9.59 Å². The second-order valence-electron chi connectivity index (χ2n) is 9.20. The van der Waals surface area contributed by atoms with Crippen molar-refractivity contribution < 1.29 is 24.2 Å². The third-order valence-electron chi connectivity index (χ3n) is 6.31. The van der Waals surface area contributed by atoms with Crippen LogP contribution in [0, 0.1) is 19.8 Å². The van der Waals surface area contributed by atoms with Crippen LogP contribution in [0.25, 0.3) is 0 Å². The van der Waals surface area contributed by atoms with Gasteiger partial charge in [-0.3, -0.25) is 0 Å². The number of nitrogens with zero attached hydrogens (tertiary/aromatic N) is 1. The molecule has 1 saturated heterocycles. The summed E-state index contributed by atoms with van der Waals surface area (Å²) in [7, 11) is 1.41. The molecule has 0 bridgehead atoms. The number of carboxylic acids is 1. The molecule has 0 aromatic heterocycles. The van der Waals surface area contributed by atoms with Gasteiger partial charge in [-0.2, -0.15) is 0 Å². The Kier molecular flexibility index (Phi) is 7.62. The second-order valence-corrected chi connectivity index (χ2v) is 10.1. The van der Waals surface area contributed by atoms with Crippen molar-refractivity contribution in [3.63, 3.8) is 0 Å². The van der Waals surface area contributed by atoms with E-state index < -0.39 is 11.6 Å². The fraction of sp³-hybridized carbons (Fsp3) is 0.462. The standard InChI is InChI=1S/C26H33NO5S/c1-16-11-19(12-17(2)23(16)32-26(3,4)24(28)29)22-15-27(25(30)31-5)14-20(22)13-18-7-9-21(33-6)10-8-18/h7-12,20,22H,13-15H2,1-6H3,(H,28,29)/t20-,22+/m0/s1. The number of benzene rings is 2. The summed E-state index contributed by atoms with van der Waals surface area (Å²) in [6.45, 7) is 8.18. The maximum Gasteiger partial charge on any atom is 0.409 e. The van der Waals surface area contributed by atoms with Crippen molar-refractivity contribution in [1.82, 2.24) is 4.90 Å². The van der Waals surface area contributed by atoms with Crippen molar-refractivity contribution in [2.24, 2.45) is 5.92 Å². The number of amides is 1. The van der Waals surface area contributed by atoms with Crippen LogP contribution in [0.4, 0.5) is 4.79 Å². The highest BCUT2D eigenvalue weighted by molar-refractivity contribution is 7.98. The van der Waals surface area contributed by atoms with Gasteiger partial charge < -0.3 is 19.5 Å². The average molecular weight is 472 g/mol. The van der Waals surface area contributed by atoms with E-state index in [2.05, 4.69) is 42.7 Å². The molecule has 1 heterocycles. The molecule has 2 aromatic rings. The number of carboxylic acid groups (broad SMARTS) is 1. The van der Waals surface area contributed by atoms with Crippen molar-refractivity contribution in [3.05, 3.63) is 58.7 Å². The first kappa shape index (κ1) is 25.0. The molecule has 1 N–H and O–H groups in total. The predicted molar refractivity (Wildman–Crippen MR) is 130 cm³/mol. The van der Waals surface area contributed by atoms with Crippen LogP contribution in [-0.2, 0) is 16.0 Å². The zero-order chi connectivity index (χ0) is 24.3. The van der Waals surface area contributed by atoms with Crippen LogP contribution in [0.15, 0.2) is 41.3 Å². The summed E-state index contributed by atoms with van der Waals surface area (Å²) < 4.78 is 10.9. The molecule has 1 aliphatic rings. The first-order chi connectivity index (χ1) is 15.6. The Morgan fingerprint density at radius 1 is 1.12 bits per heavy atom. The molecular weight excluding hydrogens is 438 g/mol. The Labute approximate surface area is 200 Å². The zero-order valence-corrected chi connectivity index (χ0v) is 21.0. The maximum absolute atomic E-state index is 12.3. The second kappa shape index (κ2) is 10.1. The topological polar surface area (TPSA) is 76.1 Å². The fourth-order valence-electron chi connectivity index (χ4n) is 4.46. The molecule has 0 aliphatic carbocycles. The van der Waals surface area contributed by atoms with Gasteiger partial charge in [0.05, 0.1) is 7.11 Å². The first-order valence-electron chi connectivity index (χ1n) is 11.0. The predicted octanol–water partition coefficient (Wildman–Crippen LogP) is 5.29. The van der Waals surface area contributed by atoms with Crippen LogP contribution in [0.1, 0.15) is 42.0 Å². The minimum absolute atomic E-state index is 0.142. The highest BCUT2D eigenvalue weighted by Gasteiger charge is 2.37. The summed E-state index contributed by atoms with van der Waals surface area (Å²) in [6, 6.07) is 12.7. The van der Waals surface area contributed by atoms with E-state index in [0.29, 0.717) is 18.8 Å². The van der Waals surface area contributed by atoms with Gasteiger partial charge in [0.25, 0.3) is 0 Å². The largest absolute Gasteiger partial charge is 0.478 e. The van der Waals surface area contributed by atoms with Gasteiger partial charge >= 0.3 is 12.1 Å². The molecule has 2 aromatic carbocycles. The van der Waals surface area contributed by atoms with Crippen LogP contribution in [0.5, 0.6) is 5.75 Å². The average Bonchev–Trinajstić information content (AvgIpc) is 3.19. The summed E-state index contributed by atoms with van der Waals surface area (Å²) in [6.07, 6.45) is 2.61. The summed E-state index contributed by atoms with van der Waals surface area (Å²) in [5.74, 6) is -0.0332. The molecule has 7 heteroatoms. The molecule has 33 heavy (non-hydrogen) atoms. The van der Waals surface area contributed by atoms with Crippen molar-refractivity contribution in [3.8, 4) is 5.75 Å². The molecule has 1 aliphatic heterocycles. The molecule has 0 spiro atoms. The normalized spacial score (nSPS) is 18.3. The van der Waals surface area contributed by atoms with Crippen LogP contribution < -0.4 is 4.74 Å². The SMILES string of the molecule is COC(=O)N1C[C@H](Cc2ccc(SC)cc2)[C@@H](c2cc(C)c(OC(C)(C)C(=O)O)c(C)c2)C1. The van der Waals surface area contributed by atoms with E-state index in [0.717, 1.165) is 23.1 Å². The van der Waals surface area contributed by atoms with E-state index in [1.54, 1.807) is 30.5 Å². The van der Waals surface area contributed by atoms with Crippen LogP contribution in [0.3, 0.4) is 0 Å². The van der Waals surface area contributed by atoms with Gasteiger partial charge in [-0.15, -0.1) is 11.8 Å². The Morgan fingerprint density at radius 3 is 2.24 bits per heavy atom. The molecule has 0 saturated carbocycles. The molecule has 2 atom stereocenters. The van der Waals surface area contributed by atoms with Crippen molar-refractivity contribution in [1.29, 1.82) is 0 Å². The lowest BCUT2D eigenvalue weighted by Crippen LogP contribution is -2.38. The van der Waals surface area contributed by atoms with Gasteiger partial charge in [-0.05, 0) is 80.7 Å². The lowest BCUT2D eigenvalue weighted by molar-refractivity contribution is -0.152. The van der Waals surface area contributed by atoms with E-state index >= 15 is 0 Å². The molecule has 6 nitrogen and oxygen atoms in total. The van der Waals surface area contributed by atoms with E-state index in [1.807, 2.05) is 13.8 Å². The van der Waals surface area contributed by atoms with Crippen LogP contribution in [0.2, 0.25) is 0 Å². The number of methoxy groups -OCH3 is 1. The van der Waals surface area contributed by atoms with Gasteiger partial charge in [0.2, 0.25) is 0 Å². The quantitative estimate of drug-likeness (QED) is 0.553. The number of aliphatic carboxylic acids is 1. The zero-order valence-electron chi connectivity index (χ0n) is 20.2. The molecule has 178 valence electrons. The molecule has 0 unspecified atom stereocenters. The number of carbonyl (C=O) groups is 2. The number of aryl methyl sites for hydroxylation is 2. The number of rotatable bonds is 7. The Balaban J connectivity index is 1.91. The lowest BCUT2D eigenvalue weighted by Gasteiger charge is -2.26. The highest BCUT2D eigenvalue weighted by atomic mass is 32.2. The van der Waals surface area contributed by atoms with Gasteiger partial charge in [-0.1, -0.05) is 24.3 Å². The van der Waals surface area contributed by atoms with E-state index in [1.165, 1.54) is 17.6 Å². The molecule has 1 fully saturated rings. The van der Waals surface area contributed by atoms with Crippen molar-refractivity contribution in [2.75, 3.05) is 26.5 Å². The Hall–Kier alpha value is -2.67. The van der Waals surface area contributed by atoms with Crippen LogP contribution in [-0.4, -0.2) is 54.1 Å². The monoisotopic (exact) mass is 471 g/mol. The molecule has 1 amide bonds. The fourth-order valence-corrected chi connectivity index (χ4v) is 4.86. The number of carbonyl (C=O) groups excluding carboxylic acids is 1.